The number of benzene rings is 2. The molecule has 7 nitrogen and oxygen atoms in total. The predicted molar refractivity (Wildman–Crippen MR) is 142 cm³/mol. The lowest BCUT2D eigenvalue weighted by atomic mass is 10.1. The van der Waals surface area contributed by atoms with Crippen molar-refractivity contribution >= 4 is 50.7 Å². The van der Waals surface area contributed by atoms with Crippen LogP contribution in [0.2, 0.25) is 10.0 Å². The molecule has 0 fully saturated rings. The Morgan fingerprint density at radius 2 is 1.71 bits per heavy atom. The Bertz CT molecular complexity index is 1150. The highest BCUT2D eigenvalue weighted by Gasteiger charge is 2.31. The lowest BCUT2D eigenvalue weighted by Crippen LogP contribution is -2.51. The number of unbranched alkanes of at least 4 members (excludes halogenated alkanes) is 1. The molecular formula is C25H33Cl2N3O4S. The van der Waals surface area contributed by atoms with E-state index in [4.69, 9.17) is 23.2 Å². The highest BCUT2D eigenvalue weighted by atomic mass is 35.5. The second-order valence-electron chi connectivity index (χ2n) is 8.60. The normalized spacial score (nSPS) is 12.2. The van der Waals surface area contributed by atoms with Gasteiger partial charge in [-0.1, -0.05) is 60.3 Å². The van der Waals surface area contributed by atoms with Crippen LogP contribution in [0.3, 0.4) is 0 Å². The molecule has 0 radical (unpaired) electrons. The number of aryl methyl sites for hydroxylation is 2. The molecule has 2 aromatic rings. The van der Waals surface area contributed by atoms with Gasteiger partial charge in [0.05, 0.1) is 11.9 Å². The van der Waals surface area contributed by atoms with Gasteiger partial charge in [-0.25, -0.2) is 8.42 Å². The molecule has 35 heavy (non-hydrogen) atoms. The van der Waals surface area contributed by atoms with Gasteiger partial charge in [0.2, 0.25) is 21.8 Å². The summed E-state index contributed by atoms with van der Waals surface area (Å²) in [5.74, 6) is -0.892. The largest absolute Gasteiger partial charge is 0.354 e. The molecular weight excluding hydrogens is 509 g/mol. The van der Waals surface area contributed by atoms with E-state index in [1.807, 2.05) is 19.9 Å². The van der Waals surface area contributed by atoms with Crippen molar-refractivity contribution in [2.24, 2.45) is 0 Å². The number of hydrogen-bond acceptors (Lipinski definition) is 4. The van der Waals surface area contributed by atoms with Crippen molar-refractivity contribution in [2.45, 2.75) is 53.1 Å². The summed E-state index contributed by atoms with van der Waals surface area (Å²) in [5.41, 5.74) is 2.57. The van der Waals surface area contributed by atoms with Crippen LogP contribution in [-0.2, 0) is 26.2 Å². The minimum Gasteiger partial charge on any atom is -0.354 e. The van der Waals surface area contributed by atoms with Gasteiger partial charge in [-0.2, -0.15) is 0 Å². The Kier molecular flexibility index (Phi) is 10.4. The van der Waals surface area contributed by atoms with Crippen LogP contribution in [0.1, 0.15) is 43.4 Å². The number of nitrogens with zero attached hydrogens (tertiary/aromatic N) is 2. The zero-order valence-electron chi connectivity index (χ0n) is 20.8. The van der Waals surface area contributed by atoms with E-state index in [9.17, 15) is 18.0 Å². The van der Waals surface area contributed by atoms with Crippen molar-refractivity contribution in [3.05, 3.63) is 63.1 Å². The van der Waals surface area contributed by atoms with Crippen molar-refractivity contribution in [3.63, 3.8) is 0 Å². The Morgan fingerprint density at radius 3 is 2.26 bits per heavy atom. The summed E-state index contributed by atoms with van der Waals surface area (Å²) in [6.45, 7) is 7.26. The van der Waals surface area contributed by atoms with E-state index in [1.54, 1.807) is 44.2 Å². The molecule has 1 atom stereocenters. The number of amides is 2. The van der Waals surface area contributed by atoms with Crippen LogP contribution >= 0.6 is 23.2 Å². The molecule has 192 valence electrons. The third kappa shape index (κ3) is 7.85. The monoisotopic (exact) mass is 541 g/mol. The molecule has 0 saturated carbocycles. The first kappa shape index (κ1) is 28.9. The van der Waals surface area contributed by atoms with E-state index in [0.717, 1.165) is 29.0 Å². The number of carbonyl (C=O) groups excluding carboxylic acids is 2. The Labute approximate surface area is 218 Å². The SMILES string of the molecule is CCCCNC(=O)[C@@H](C)N(Cc1c(Cl)cccc1Cl)C(=O)CN(c1ccc(C)cc1C)S(C)(=O)=O. The number of rotatable bonds is 11. The molecule has 0 heterocycles. The summed E-state index contributed by atoms with van der Waals surface area (Å²) in [6.07, 6.45) is 2.76. The number of carbonyl (C=O) groups is 2. The average molecular weight is 543 g/mol. The number of sulfonamides is 1. The Morgan fingerprint density at radius 1 is 1.09 bits per heavy atom. The van der Waals surface area contributed by atoms with Crippen molar-refractivity contribution in [1.82, 2.24) is 10.2 Å². The van der Waals surface area contributed by atoms with Crippen LogP contribution in [0.5, 0.6) is 0 Å². The molecule has 0 saturated heterocycles. The molecule has 2 amide bonds. The van der Waals surface area contributed by atoms with Crippen LogP contribution in [-0.4, -0.2) is 50.5 Å². The first-order valence-electron chi connectivity index (χ1n) is 11.4. The predicted octanol–water partition coefficient (Wildman–Crippen LogP) is 4.71. The molecule has 0 spiro atoms. The molecule has 0 bridgehead atoms. The molecule has 0 unspecified atom stereocenters. The van der Waals surface area contributed by atoms with Crippen LogP contribution in [0.15, 0.2) is 36.4 Å². The van der Waals surface area contributed by atoms with Crippen LogP contribution in [0, 0.1) is 13.8 Å². The summed E-state index contributed by atoms with van der Waals surface area (Å²) >= 11 is 12.7. The van der Waals surface area contributed by atoms with E-state index in [1.165, 1.54) is 4.90 Å². The summed E-state index contributed by atoms with van der Waals surface area (Å²) in [5, 5.41) is 3.53. The lowest BCUT2D eigenvalue weighted by molar-refractivity contribution is -0.139. The zero-order chi connectivity index (χ0) is 26.3. The lowest BCUT2D eigenvalue weighted by Gasteiger charge is -2.32. The number of halogens is 2. The van der Waals surface area contributed by atoms with Crippen molar-refractivity contribution in [2.75, 3.05) is 23.7 Å². The third-order valence-corrected chi connectivity index (χ3v) is 7.52. The minimum absolute atomic E-state index is 0.0514. The molecule has 0 aromatic heterocycles. The highest BCUT2D eigenvalue weighted by molar-refractivity contribution is 7.92. The third-order valence-electron chi connectivity index (χ3n) is 5.69. The van der Waals surface area contributed by atoms with Gasteiger partial charge in [0, 0.05) is 28.7 Å². The minimum atomic E-state index is -3.80. The maximum absolute atomic E-state index is 13.6. The topological polar surface area (TPSA) is 86.8 Å². The number of nitrogens with one attached hydrogen (secondary N) is 1. The maximum Gasteiger partial charge on any atom is 0.244 e. The number of hydrogen-bond donors (Lipinski definition) is 1. The molecule has 10 heteroatoms. The van der Waals surface area contributed by atoms with Gasteiger partial charge in [-0.15, -0.1) is 0 Å². The molecule has 0 aliphatic heterocycles. The van der Waals surface area contributed by atoms with Gasteiger partial charge >= 0.3 is 0 Å². The van der Waals surface area contributed by atoms with Crippen molar-refractivity contribution in [3.8, 4) is 0 Å². The van der Waals surface area contributed by atoms with Crippen LogP contribution in [0.25, 0.3) is 0 Å². The molecule has 2 aromatic carbocycles. The van der Waals surface area contributed by atoms with Crippen LogP contribution < -0.4 is 9.62 Å². The van der Waals surface area contributed by atoms with Crippen molar-refractivity contribution in [1.29, 1.82) is 0 Å². The van der Waals surface area contributed by atoms with Gasteiger partial charge in [-0.05, 0) is 51.0 Å². The van der Waals surface area contributed by atoms with E-state index in [-0.39, 0.29) is 12.5 Å². The first-order chi connectivity index (χ1) is 16.4. The Hall–Kier alpha value is -2.29. The fourth-order valence-electron chi connectivity index (χ4n) is 3.65. The number of anilines is 1. The summed E-state index contributed by atoms with van der Waals surface area (Å²) in [4.78, 5) is 27.8. The second-order valence-corrected chi connectivity index (χ2v) is 11.3. The fraction of sp³-hybridized carbons (Fsp3) is 0.440. The average Bonchev–Trinajstić information content (AvgIpc) is 2.76. The van der Waals surface area contributed by atoms with Crippen molar-refractivity contribution < 1.29 is 18.0 Å². The van der Waals surface area contributed by atoms with E-state index in [0.29, 0.717) is 33.4 Å². The molecule has 2 rings (SSSR count). The summed E-state index contributed by atoms with van der Waals surface area (Å²) in [6, 6.07) is 9.42. The highest BCUT2D eigenvalue weighted by Crippen LogP contribution is 2.28. The zero-order valence-corrected chi connectivity index (χ0v) is 23.1. The van der Waals surface area contributed by atoms with Gasteiger partial charge in [0.1, 0.15) is 12.6 Å². The molecule has 0 aliphatic rings. The van der Waals surface area contributed by atoms with E-state index < -0.39 is 28.5 Å². The summed E-state index contributed by atoms with van der Waals surface area (Å²) in [7, 11) is -3.80. The standard InChI is InChI=1S/C25H33Cl2N3O4S/c1-6-7-13-28-25(32)19(4)29(15-20-21(26)9-8-10-22(20)27)24(31)16-30(35(5,33)34)23-12-11-17(2)14-18(23)3/h8-12,14,19H,6-7,13,15-16H2,1-5H3,(H,28,32)/t19-/m1/s1. The first-order valence-corrected chi connectivity index (χ1v) is 14.0. The van der Waals surface area contributed by atoms with Gasteiger partial charge in [0.25, 0.3) is 0 Å². The van der Waals surface area contributed by atoms with Gasteiger partial charge in [-0.3, -0.25) is 13.9 Å². The molecule has 1 N–H and O–H groups in total. The van der Waals surface area contributed by atoms with E-state index in [2.05, 4.69) is 5.32 Å². The quantitative estimate of drug-likeness (QED) is 0.417. The maximum atomic E-state index is 13.6. The second kappa shape index (κ2) is 12.6. The molecule has 0 aliphatic carbocycles. The van der Waals surface area contributed by atoms with Gasteiger partial charge in [0.15, 0.2) is 0 Å². The van der Waals surface area contributed by atoms with Crippen LogP contribution in [0.4, 0.5) is 5.69 Å². The fourth-order valence-corrected chi connectivity index (χ4v) is 5.08. The smallest absolute Gasteiger partial charge is 0.244 e. The summed E-state index contributed by atoms with van der Waals surface area (Å²) < 4.78 is 26.5. The van der Waals surface area contributed by atoms with E-state index >= 15 is 0 Å². The Balaban J connectivity index is 2.44. The van der Waals surface area contributed by atoms with Gasteiger partial charge < -0.3 is 10.2 Å².